The molecule has 0 saturated carbocycles. The molecule has 1 aliphatic rings. The van der Waals surface area contributed by atoms with Crippen molar-refractivity contribution in [2.45, 2.75) is 25.0 Å². The number of nitrogens with one attached hydrogen (secondary N) is 1. The number of amides is 1. The number of thioether (sulfide) groups is 1. The van der Waals surface area contributed by atoms with Gasteiger partial charge in [0.25, 0.3) is 0 Å². The minimum atomic E-state index is -0.882. The molecule has 4 nitrogen and oxygen atoms in total. The summed E-state index contributed by atoms with van der Waals surface area (Å²) in [6, 6.07) is 0. The van der Waals surface area contributed by atoms with Crippen molar-refractivity contribution in [3.63, 3.8) is 0 Å². The van der Waals surface area contributed by atoms with Crippen LogP contribution >= 0.6 is 11.8 Å². The molecular formula is C12H19NO3S. The maximum atomic E-state index is 11.9. The van der Waals surface area contributed by atoms with Crippen molar-refractivity contribution < 1.29 is 14.7 Å². The Hall–Kier alpha value is -0.970. The molecule has 2 N–H and O–H groups in total. The largest absolute Gasteiger partial charge is 0.481 e. The second-order valence-electron chi connectivity index (χ2n) is 4.29. The number of allylic oxidation sites excluding steroid dienone is 2. The van der Waals surface area contributed by atoms with Crippen LogP contribution in [0.4, 0.5) is 0 Å². The van der Waals surface area contributed by atoms with Crippen LogP contribution in [0, 0.1) is 11.8 Å². The van der Waals surface area contributed by atoms with Crippen molar-refractivity contribution in [1.29, 1.82) is 0 Å². The van der Waals surface area contributed by atoms with E-state index >= 15 is 0 Å². The summed E-state index contributed by atoms with van der Waals surface area (Å²) in [6.45, 7) is 2.62. The number of carbonyl (C=O) groups excluding carboxylic acids is 1. The molecule has 0 spiro atoms. The van der Waals surface area contributed by atoms with Gasteiger partial charge >= 0.3 is 5.97 Å². The smallest absolute Gasteiger partial charge is 0.307 e. The third kappa shape index (κ3) is 4.07. The zero-order chi connectivity index (χ0) is 12.8. The number of hydrogen-bond acceptors (Lipinski definition) is 3. The van der Waals surface area contributed by atoms with Crippen molar-refractivity contribution >= 4 is 23.6 Å². The van der Waals surface area contributed by atoms with Crippen molar-refractivity contribution in [3.8, 4) is 0 Å². The van der Waals surface area contributed by atoms with Crippen LogP contribution in [-0.2, 0) is 9.59 Å². The summed E-state index contributed by atoms with van der Waals surface area (Å²) in [5, 5.41) is 12.2. The number of rotatable bonds is 5. The normalized spacial score (nSPS) is 25.3. The third-order valence-electron chi connectivity index (χ3n) is 3.05. The highest BCUT2D eigenvalue weighted by atomic mass is 32.2. The molecule has 1 amide bonds. The van der Waals surface area contributed by atoms with Gasteiger partial charge in [0.15, 0.2) is 0 Å². The average molecular weight is 257 g/mol. The van der Waals surface area contributed by atoms with Gasteiger partial charge in [-0.25, -0.2) is 0 Å². The van der Waals surface area contributed by atoms with Gasteiger partial charge in [-0.15, -0.1) is 0 Å². The van der Waals surface area contributed by atoms with E-state index in [2.05, 4.69) is 5.32 Å². The Morgan fingerprint density at radius 1 is 1.41 bits per heavy atom. The molecule has 0 aromatic heterocycles. The Balaban J connectivity index is 2.54. The number of carbonyl (C=O) groups is 2. The lowest BCUT2D eigenvalue weighted by Gasteiger charge is -2.24. The number of carboxylic acid groups (broad SMARTS) is 1. The second kappa shape index (κ2) is 6.69. The molecule has 0 heterocycles. The van der Waals surface area contributed by atoms with Crippen molar-refractivity contribution in [3.05, 3.63) is 12.2 Å². The molecule has 1 aliphatic carbocycles. The Labute approximate surface area is 106 Å². The van der Waals surface area contributed by atoms with Gasteiger partial charge in [0, 0.05) is 11.8 Å². The molecule has 0 bridgehead atoms. The molecule has 0 aromatic carbocycles. The Morgan fingerprint density at radius 2 is 2.00 bits per heavy atom. The third-order valence-corrected chi connectivity index (χ3v) is 4.02. The van der Waals surface area contributed by atoms with Crippen molar-refractivity contribution in [2.24, 2.45) is 11.8 Å². The van der Waals surface area contributed by atoms with Crippen LogP contribution < -0.4 is 5.32 Å². The summed E-state index contributed by atoms with van der Waals surface area (Å²) < 4.78 is 0. The molecule has 0 radical (unpaired) electrons. The maximum absolute atomic E-state index is 11.9. The van der Waals surface area contributed by atoms with E-state index in [1.807, 2.05) is 25.3 Å². The van der Waals surface area contributed by atoms with Gasteiger partial charge in [-0.2, -0.15) is 11.8 Å². The molecule has 96 valence electrons. The summed E-state index contributed by atoms with van der Waals surface area (Å²) in [7, 11) is 0. The van der Waals surface area contributed by atoms with Crippen molar-refractivity contribution in [2.75, 3.05) is 12.8 Å². The van der Waals surface area contributed by atoms with Gasteiger partial charge in [0.1, 0.15) is 0 Å². The van der Waals surface area contributed by atoms with Crippen LogP contribution in [0.3, 0.4) is 0 Å². The monoisotopic (exact) mass is 257 g/mol. The summed E-state index contributed by atoms with van der Waals surface area (Å²) >= 11 is 1.68. The Kier molecular flexibility index (Phi) is 5.55. The quantitative estimate of drug-likeness (QED) is 0.733. The van der Waals surface area contributed by atoms with Crippen LogP contribution in [0.2, 0.25) is 0 Å². The fraction of sp³-hybridized carbons (Fsp3) is 0.667. The van der Waals surface area contributed by atoms with Gasteiger partial charge in [0.05, 0.1) is 11.8 Å². The fourth-order valence-electron chi connectivity index (χ4n) is 1.84. The standard InChI is InChI=1S/C12H19NO3S/c1-8(17-2)7-13-11(14)9-5-3-4-6-10(9)12(15)16/h3-4,8-10H,5-7H2,1-2H3,(H,13,14)(H,15,16). The predicted molar refractivity (Wildman–Crippen MR) is 69.0 cm³/mol. The van der Waals surface area contributed by atoms with Gasteiger partial charge in [-0.05, 0) is 19.1 Å². The first-order valence-electron chi connectivity index (χ1n) is 5.74. The lowest BCUT2D eigenvalue weighted by atomic mass is 9.82. The van der Waals surface area contributed by atoms with E-state index in [1.54, 1.807) is 11.8 Å². The average Bonchev–Trinajstić information content (AvgIpc) is 2.35. The van der Waals surface area contributed by atoms with E-state index in [-0.39, 0.29) is 5.91 Å². The minimum absolute atomic E-state index is 0.136. The van der Waals surface area contributed by atoms with Crippen LogP contribution in [0.1, 0.15) is 19.8 Å². The summed E-state index contributed by atoms with van der Waals surface area (Å²) in [5.41, 5.74) is 0. The zero-order valence-corrected chi connectivity index (χ0v) is 11.0. The highest BCUT2D eigenvalue weighted by Gasteiger charge is 2.33. The Bertz CT molecular complexity index is 317. The lowest BCUT2D eigenvalue weighted by Crippen LogP contribution is -2.40. The highest BCUT2D eigenvalue weighted by molar-refractivity contribution is 7.99. The number of aliphatic carboxylic acids is 1. The van der Waals surface area contributed by atoms with Gasteiger partial charge < -0.3 is 10.4 Å². The first-order chi connectivity index (χ1) is 8.06. The first-order valence-corrected chi connectivity index (χ1v) is 7.03. The molecule has 0 aromatic rings. The number of carboxylic acids is 1. The molecule has 1 rings (SSSR count). The molecule has 0 aliphatic heterocycles. The topological polar surface area (TPSA) is 66.4 Å². The second-order valence-corrected chi connectivity index (χ2v) is 5.56. The number of hydrogen-bond donors (Lipinski definition) is 2. The molecule has 5 heteroatoms. The fourth-order valence-corrected chi connectivity index (χ4v) is 2.09. The first kappa shape index (κ1) is 14.1. The molecule has 0 saturated heterocycles. The van der Waals surface area contributed by atoms with Crippen LogP contribution in [-0.4, -0.2) is 35.0 Å². The SMILES string of the molecule is CSC(C)CNC(=O)C1CC=CCC1C(=O)O. The zero-order valence-electron chi connectivity index (χ0n) is 10.2. The van der Waals surface area contributed by atoms with Crippen LogP contribution in [0.15, 0.2) is 12.2 Å². The maximum Gasteiger partial charge on any atom is 0.307 e. The van der Waals surface area contributed by atoms with E-state index < -0.39 is 17.8 Å². The molecule has 0 fully saturated rings. The minimum Gasteiger partial charge on any atom is -0.481 e. The molecular weight excluding hydrogens is 238 g/mol. The van der Waals surface area contributed by atoms with Crippen molar-refractivity contribution in [1.82, 2.24) is 5.32 Å². The van der Waals surface area contributed by atoms with E-state index in [0.717, 1.165) is 0 Å². The van der Waals surface area contributed by atoms with E-state index in [0.29, 0.717) is 24.6 Å². The molecule has 3 atom stereocenters. The lowest BCUT2D eigenvalue weighted by molar-refractivity contribution is -0.147. The summed E-state index contributed by atoms with van der Waals surface area (Å²) in [6.07, 6.45) is 6.69. The highest BCUT2D eigenvalue weighted by Crippen LogP contribution is 2.26. The molecule has 3 unspecified atom stereocenters. The summed E-state index contributed by atoms with van der Waals surface area (Å²) in [5.74, 6) is -2.02. The summed E-state index contributed by atoms with van der Waals surface area (Å²) in [4.78, 5) is 23.0. The Morgan fingerprint density at radius 3 is 2.53 bits per heavy atom. The van der Waals surface area contributed by atoms with Gasteiger partial charge in [-0.3, -0.25) is 9.59 Å². The van der Waals surface area contributed by atoms with E-state index in [9.17, 15) is 9.59 Å². The predicted octanol–water partition coefficient (Wildman–Crippen LogP) is 1.52. The van der Waals surface area contributed by atoms with Gasteiger partial charge in [0.2, 0.25) is 5.91 Å². The van der Waals surface area contributed by atoms with Crippen LogP contribution in [0.5, 0.6) is 0 Å². The van der Waals surface area contributed by atoms with E-state index in [4.69, 9.17) is 5.11 Å². The van der Waals surface area contributed by atoms with Crippen LogP contribution in [0.25, 0.3) is 0 Å². The van der Waals surface area contributed by atoms with E-state index in [1.165, 1.54) is 0 Å². The van der Waals surface area contributed by atoms with Gasteiger partial charge in [-0.1, -0.05) is 19.1 Å². The molecule has 17 heavy (non-hydrogen) atoms.